The molecule has 1 aromatic carbocycles. The van der Waals surface area contributed by atoms with Gasteiger partial charge in [-0.1, -0.05) is 0 Å². The van der Waals surface area contributed by atoms with Gasteiger partial charge < -0.3 is 14.6 Å². The molecular formula is C16H17FN2O3. The summed E-state index contributed by atoms with van der Waals surface area (Å²) in [5.74, 6) is -0.119. The molecule has 5 nitrogen and oxygen atoms in total. The molecule has 0 saturated carbocycles. The molecule has 0 saturated heterocycles. The van der Waals surface area contributed by atoms with E-state index in [1.807, 2.05) is 0 Å². The van der Waals surface area contributed by atoms with Gasteiger partial charge in [0.2, 0.25) is 5.91 Å². The fourth-order valence-corrected chi connectivity index (χ4v) is 1.95. The van der Waals surface area contributed by atoms with Crippen molar-refractivity contribution in [2.45, 2.75) is 13.5 Å². The Balaban J connectivity index is 1.83. The third-order valence-electron chi connectivity index (χ3n) is 3.15. The Morgan fingerprint density at radius 2 is 1.95 bits per heavy atom. The second kappa shape index (κ2) is 7.40. The van der Waals surface area contributed by atoms with Crippen LogP contribution in [0.25, 0.3) is 0 Å². The Hall–Kier alpha value is -2.63. The van der Waals surface area contributed by atoms with Crippen molar-refractivity contribution in [1.82, 2.24) is 10.2 Å². The molecule has 0 bridgehead atoms. The topological polar surface area (TPSA) is 62.6 Å². The molecule has 2 rings (SSSR count). The van der Waals surface area contributed by atoms with Crippen molar-refractivity contribution >= 4 is 11.8 Å². The number of carbonyl (C=O) groups is 2. The van der Waals surface area contributed by atoms with Crippen LogP contribution < -0.4 is 5.32 Å². The van der Waals surface area contributed by atoms with Gasteiger partial charge in [-0.05, 0) is 36.4 Å². The zero-order chi connectivity index (χ0) is 15.9. The molecule has 0 spiro atoms. The summed E-state index contributed by atoms with van der Waals surface area (Å²) in [5, 5.41) is 2.70. The van der Waals surface area contributed by atoms with Crippen LogP contribution in [0.15, 0.2) is 47.1 Å². The van der Waals surface area contributed by atoms with Crippen molar-refractivity contribution in [1.29, 1.82) is 0 Å². The molecule has 6 heteroatoms. The van der Waals surface area contributed by atoms with Crippen LogP contribution in [0.1, 0.15) is 23.0 Å². The van der Waals surface area contributed by atoms with Gasteiger partial charge in [-0.25, -0.2) is 4.39 Å². The molecule has 1 heterocycles. The first-order chi connectivity index (χ1) is 10.6. The summed E-state index contributed by atoms with van der Waals surface area (Å²) >= 11 is 0. The maximum Gasteiger partial charge on any atom is 0.251 e. The molecule has 1 N–H and O–H groups in total. The standard InChI is InChI=1S/C16H17FN2O3/c1-12(20)19(11-15-3-2-10-22-15)9-8-18-16(21)13-4-6-14(17)7-5-13/h2-7,10H,8-9,11H2,1H3,(H,18,21). The minimum absolute atomic E-state index is 0.104. The number of nitrogens with zero attached hydrogens (tertiary/aromatic N) is 1. The van der Waals surface area contributed by atoms with Gasteiger partial charge in [-0.3, -0.25) is 9.59 Å². The van der Waals surface area contributed by atoms with Crippen LogP contribution in [0, 0.1) is 5.82 Å². The zero-order valence-electron chi connectivity index (χ0n) is 12.2. The first-order valence-electron chi connectivity index (χ1n) is 6.88. The number of furan rings is 1. The van der Waals surface area contributed by atoms with E-state index < -0.39 is 5.82 Å². The Labute approximate surface area is 127 Å². The SMILES string of the molecule is CC(=O)N(CCNC(=O)c1ccc(F)cc1)Cc1ccco1. The van der Waals surface area contributed by atoms with E-state index in [2.05, 4.69) is 5.32 Å². The zero-order valence-corrected chi connectivity index (χ0v) is 12.2. The number of hydrogen-bond donors (Lipinski definition) is 1. The highest BCUT2D eigenvalue weighted by Crippen LogP contribution is 2.06. The molecule has 2 aromatic rings. The number of amides is 2. The smallest absolute Gasteiger partial charge is 0.251 e. The molecule has 0 radical (unpaired) electrons. The second-order valence-corrected chi connectivity index (χ2v) is 4.78. The van der Waals surface area contributed by atoms with E-state index in [1.165, 1.54) is 31.2 Å². The van der Waals surface area contributed by atoms with Crippen LogP contribution in [0.4, 0.5) is 4.39 Å². The summed E-state index contributed by atoms with van der Waals surface area (Å²) in [7, 11) is 0. The second-order valence-electron chi connectivity index (χ2n) is 4.78. The maximum atomic E-state index is 12.8. The number of carbonyl (C=O) groups excluding carboxylic acids is 2. The predicted octanol–water partition coefficient (Wildman–Crippen LogP) is 2.20. The van der Waals surface area contributed by atoms with Crippen molar-refractivity contribution in [2.24, 2.45) is 0 Å². The van der Waals surface area contributed by atoms with E-state index >= 15 is 0 Å². The van der Waals surface area contributed by atoms with Crippen LogP contribution >= 0.6 is 0 Å². The van der Waals surface area contributed by atoms with Crippen molar-refractivity contribution in [3.05, 3.63) is 59.8 Å². The van der Waals surface area contributed by atoms with Gasteiger partial charge in [-0.15, -0.1) is 0 Å². The van der Waals surface area contributed by atoms with E-state index in [9.17, 15) is 14.0 Å². The summed E-state index contributed by atoms with van der Waals surface area (Å²) in [6, 6.07) is 8.82. The lowest BCUT2D eigenvalue weighted by Crippen LogP contribution is -2.37. The quantitative estimate of drug-likeness (QED) is 0.890. The number of halogens is 1. The third-order valence-corrected chi connectivity index (χ3v) is 3.15. The molecule has 2 amide bonds. The summed E-state index contributed by atoms with van der Waals surface area (Å²) in [6.45, 7) is 2.49. The Morgan fingerprint density at radius 3 is 2.55 bits per heavy atom. The number of rotatable bonds is 6. The number of benzene rings is 1. The highest BCUT2D eigenvalue weighted by molar-refractivity contribution is 5.94. The Morgan fingerprint density at radius 1 is 1.23 bits per heavy atom. The summed E-state index contributed by atoms with van der Waals surface area (Å²) in [4.78, 5) is 25.0. The van der Waals surface area contributed by atoms with E-state index in [4.69, 9.17) is 4.42 Å². The molecule has 0 aliphatic heterocycles. The van der Waals surface area contributed by atoms with Gasteiger partial charge in [0.1, 0.15) is 11.6 Å². The molecule has 0 fully saturated rings. The minimum atomic E-state index is -0.391. The summed E-state index contributed by atoms with van der Waals surface area (Å²) < 4.78 is 18.0. The number of nitrogens with one attached hydrogen (secondary N) is 1. The van der Waals surface area contributed by atoms with Crippen LogP contribution in [-0.4, -0.2) is 29.8 Å². The maximum absolute atomic E-state index is 12.8. The van der Waals surface area contributed by atoms with Crippen LogP contribution in [0.2, 0.25) is 0 Å². The molecular weight excluding hydrogens is 287 g/mol. The lowest BCUT2D eigenvalue weighted by Gasteiger charge is -2.20. The highest BCUT2D eigenvalue weighted by atomic mass is 19.1. The molecule has 1 aromatic heterocycles. The average molecular weight is 304 g/mol. The number of hydrogen-bond acceptors (Lipinski definition) is 3. The lowest BCUT2D eigenvalue weighted by molar-refractivity contribution is -0.129. The Kier molecular flexibility index (Phi) is 5.30. The van der Waals surface area contributed by atoms with Gasteiger partial charge in [-0.2, -0.15) is 0 Å². The van der Waals surface area contributed by atoms with Crippen molar-refractivity contribution < 1.29 is 18.4 Å². The fourth-order valence-electron chi connectivity index (χ4n) is 1.95. The molecule has 0 atom stereocenters. The normalized spacial score (nSPS) is 10.3. The van der Waals surface area contributed by atoms with E-state index in [0.717, 1.165) is 0 Å². The van der Waals surface area contributed by atoms with Gasteiger partial charge in [0, 0.05) is 25.6 Å². The van der Waals surface area contributed by atoms with E-state index in [0.29, 0.717) is 31.0 Å². The summed E-state index contributed by atoms with van der Waals surface area (Å²) in [5.41, 5.74) is 0.377. The third kappa shape index (κ3) is 4.44. The molecule has 116 valence electrons. The van der Waals surface area contributed by atoms with E-state index in [1.54, 1.807) is 23.3 Å². The van der Waals surface area contributed by atoms with Crippen LogP contribution in [-0.2, 0) is 11.3 Å². The first kappa shape index (κ1) is 15.8. The van der Waals surface area contributed by atoms with Gasteiger partial charge >= 0.3 is 0 Å². The van der Waals surface area contributed by atoms with Crippen molar-refractivity contribution in [3.8, 4) is 0 Å². The van der Waals surface area contributed by atoms with Crippen LogP contribution in [0.3, 0.4) is 0 Å². The first-order valence-corrected chi connectivity index (χ1v) is 6.88. The van der Waals surface area contributed by atoms with Gasteiger partial charge in [0.25, 0.3) is 5.91 Å². The van der Waals surface area contributed by atoms with Gasteiger partial charge in [0.15, 0.2) is 0 Å². The average Bonchev–Trinajstić information content (AvgIpc) is 2.99. The summed E-state index contributed by atoms with van der Waals surface area (Å²) in [6.07, 6.45) is 1.55. The monoisotopic (exact) mass is 304 g/mol. The minimum Gasteiger partial charge on any atom is -0.467 e. The van der Waals surface area contributed by atoms with Crippen molar-refractivity contribution in [2.75, 3.05) is 13.1 Å². The predicted molar refractivity (Wildman–Crippen MR) is 78.5 cm³/mol. The molecule has 0 aliphatic rings. The van der Waals surface area contributed by atoms with Crippen LogP contribution in [0.5, 0.6) is 0 Å². The fraction of sp³-hybridized carbons (Fsp3) is 0.250. The Bertz CT molecular complexity index is 623. The molecule has 0 aliphatic carbocycles. The van der Waals surface area contributed by atoms with Gasteiger partial charge in [0.05, 0.1) is 12.8 Å². The van der Waals surface area contributed by atoms with E-state index in [-0.39, 0.29) is 11.8 Å². The largest absolute Gasteiger partial charge is 0.467 e. The molecule has 0 unspecified atom stereocenters. The lowest BCUT2D eigenvalue weighted by atomic mass is 10.2. The van der Waals surface area contributed by atoms with Crippen molar-refractivity contribution in [3.63, 3.8) is 0 Å². The highest BCUT2D eigenvalue weighted by Gasteiger charge is 2.12. The molecule has 22 heavy (non-hydrogen) atoms.